The molecule has 1 rings (SSSR count). The number of aliphatic hydroxyl groups excluding tert-OH is 5. The molecule has 1 fully saturated rings. The lowest BCUT2D eigenvalue weighted by Crippen LogP contribution is -2.52. The van der Waals surface area contributed by atoms with Gasteiger partial charge in [-0.25, -0.2) is 0 Å². The zero-order chi connectivity index (χ0) is 13.9. The summed E-state index contributed by atoms with van der Waals surface area (Å²) in [6, 6.07) is -0.832. The van der Waals surface area contributed by atoms with Crippen LogP contribution in [0.4, 0.5) is 0 Å². The summed E-state index contributed by atoms with van der Waals surface area (Å²) in [5.41, 5.74) is 0. The molecule has 6 atom stereocenters. The molecule has 0 bridgehead atoms. The minimum Gasteiger partial charge on any atom is -0.480 e. The second-order valence-corrected chi connectivity index (χ2v) is 5.21. The van der Waals surface area contributed by atoms with Crippen LogP contribution in [0.5, 0.6) is 0 Å². The number of nitrogens with one attached hydrogen (secondary N) is 1. The van der Waals surface area contributed by atoms with Crippen molar-refractivity contribution in [3.05, 3.63) is 0 Å². The zero-order valence-electron chi connectivity index (χ0n) is 9.38. The number of rotatable bonds is 6. The van der Waals surface area contributed by atoms with Gasteiger partial charge < -0.3 is 30.6 Å². The molecule has 1 aliphatic heterocycles. The summed E-state index contributed by atoms with van der Waals surface area (Å²) in [5, 5.41) is 57.1. The highest BCUT2D eigenvalue weighted by Gasteiger charge is 2.40. The van der Waals surface area contributed by atoms with Crippen molar-refractivity contribution in [2.24, 2.45) is 0 Å². The van der Waals surface area contributed by atoms with Gasteiger partial charge in [-0.1, -0.05) is 0 Å². The molecule has 1 unspecified atom stereocenters. The third kappa shape index (κ3) is 3.54. The maximum absolute atomic E-state index is 10.7. The van der Waals surface area contributed by atoms with E-state index < -0.39 is 48.4 Å². The number of aliphatic carboxylic acids is 1. The van der Waals surface area contributed by atoms with Gasteiger partial charge in [-0.05, 0) is 0 Å². The first-order valence-corrected chi connectivity index (χ1v) is 6.37. The summed E-state index contributed by atoms with van der Waals surface area (Å²) in [6.07, 6.45) is -6.44. The summed E-state index contributed by atoms with van der Waals surface area (Å²) in [5.74, 6) is -0.842. The summed E-state index contributed by atoms with van der Waals surface area (Å²) < 4.78 is 0. The Morgan fingerprint density at radius 2 is 1.89 bits per heavy atom. The molecule has 1 heterocycles. The van der Waals surface area contributed by atoms with Gasteiger partial charge in [0.15, 0.2) is 0 Å². The fourth-order valence-corrected chi connectivity index (χ4v) is 2.81. The maximum Gasteiger partial charge on any atom is 0.321 e. The zero-order valence-corrected chi connectivity index (χ0v) is 10.2. The van der Waals surface area contributed by atoms with E-state index in [9.17, 15) is 20.1 Å². The average Bonchev–Trinajstić information content (AvgIpc) is 2.84. The van der Waals surface area contributed by atoms with Crippen LogP contribution in [0.25, 0.3) is 0 Å². The van der Waals surface area contributed by atoms with Crippen LogP contribution in [0.1, 0.15) is 0 Å². The monoisotopic (exact) mass is 286 g/mol. The van der Waals surface area contributed by atoms with E-state index in [-0.39, 0.29) is 5.75 Å². The van der Waals surface area contributed by atoms with Gasteiger partial charge in [0, 0.05) is 5.75 Å². The SMILES string of the molecule is O=C(O)[C@@H]1C[35S]C([C@H](O)[C@@H](O)[C@H](O)[C@H](O)CO)N1. The number of carboxylic acid groups (broad SMARTS) is 1. The molecule has 18 heavy (non-hydrogen) atoms. The second kappa shape index (κ2) is 6.66. The van der Waals surface area contributed by atoms with E-state index in [0.29, 0.717) is 0 Å². The van der Waals surface area contributed by atoms with Gasteiger partial charge in [-0.2, -0.15) is 0 Å². The number of aliphatic hydroxyl groups is 5. The lowest BCUT2D eigenvalue weighted by molar-refractivity contribution is -0.139. The van der Waals surface area contributed by atoms with Crippen molar-refractivity contribution in [3.63, 3.8) is 0 Å². The predicted octanol–water partition coefficient (Wildman–Crippen LogP) is -3.46. The molecular weight excluding hydrogens is 269 g/mol. The minimum atomic E-state index is -1.71. The number of thioether (sulfide) groups is 1. The molecule has 9 heteroatoms. The molecule has 0 aromatic rings. The summed E-state index contributed by atoms with van der Waals surface area (Å²) in [6.45, 7) is -0.756. The molecule has 0 amide bonds. The first-order valence-electron chi connectivity index (χ1n) is 5.32. The molecule has 0 saturated carbocycles. The number of hydrogen-bond donors (Lipinski definition) is 7. The van der Waals surface area contributed by atoms with E-state index >= 15 is 0 Å². The van der Waals surface area contributed by atoms with E-state index in [1.807, 2.05) is 0 Å². The van der Waals surface area contributed by atoms with E-state index in [0.717, 1.165) is 11.8 Å². The largest absolute Gasteiger partial charge is 0.480 e. The lowest BCUT2D eigenvalue weighted by atomic mass is 10.0. The molecule has 1 aliphatic rings. The Labute approximate surface area is 107 Å². The smallest absolute Gasteiger partial charge is 0.321 e. The summed E-state index contributed by atoms with van der Waals surface area (Å²) >= 11 is 1.09. The maximum atomic E-state index is 10.7. The molecule has 1 saturated heterocycles. The third-order valence-corrected chi connectivity index (χ3v) is 4.00. The van der Waals surface area contributed by atoms with Crippen molar-refractivity contribution in [1.82, 2.24) is 5.32 Å². The Morgan fingerprint density at radius 3 is 2.33 bits per heavy atom. The van der Waals surface area contributed by atoms with Crippen LogP contribution in [-0.4, -0.2) is 84.8 Å². The predicted molar refractivity (Wildman–Crippen MR) is 61.9 cm³/mol. The highest BCUT2D eigenvalue weighted by atomic mass is 35.1. The van der Waals surface area contributed by atoms with E-state index in [1.165, 1.54) is 0 Å². The molecule has 0 aromatic carbocycles. The molecule has 7 N–H and O–H groups in total. The van der Waals surface area contributed by atoms with Crippen molar-refractivity contribution in [2.75, 3.05) is 12.4 Å². The second-order valence-electron chi connectivity index (χ2n) is 4.03. The number of carboxylic acids is 1. The standard InChI is InChI=1S/C9H17NO7S/c11-1-4(12)5(13)6(14)7(15)8-10-3(2-18-8)9(16)17/h3-8,10-15H,1-2H2,(H,16,17)/t3-,4+,5+,6-,7+,8?/m0/s1/i18+3. The van der Waals surface area contributed by atoms with Crippen LogP contribution in [0.3, 0.4) is 0 Å². The van der Waals surface area contributed by atoms with Crippen LogP contribution < -0.4 is 5.32 Å². The topological polar surface area (TPSA) is 150 Å². The molecule has 0 aromatic heterocycles. The Kier molecular flexibility index (Phi) is 5.79. The van der Waals surface area contributed by atoms with Gasteiger partial charge in [0.1, 0.15) is 30.5 Å². The van der Waals surface area contributed by atoms with Crippen LogP contribution in [0, 0.1) is 0 Å². The van der Waals surface area contributed by atoms with Gasteiger partial charge >= 0.3 is 5.97 Å². The van der Waals surface area contributed by atoms with Crippen LogP contribution in [0.2, 0.25) is 0 Å². The quantitative estimate of drug-likeness (QED) is 0.264. The molecule has 0 aliphatic carbocycles. The summed E-state index contributed by atoms with van der Waals surface area (Å²) in [7, 11) is 0. The first-order chi connectivity index (χ1) is 8.38. The molecule has 8 nitrogen and oxygen atoms in total. The third-order valence-electron chi connectivity index (χ3n) is 2.70. The van der Waals surface area contributed by atoms with Gasteiger partial charge in [0.25, 0.3) is 0 Å². The van der Waals surface area contributed by atoms with Gasteiger partial charge in [-0.15, -0.1) is 11.8 Å². The highest BCUT2D eigenvalue weighted by molar-refractivity contribution is 8.00. The Hall–Kier alpha value is -0.420. The molecular formula is C9H17NO7S. The van der Waals surface area contributed by atoms with Crippen molar-refractivity contribution in [2.45, 2.75) is 35.8 Å². The van der Waals surface area contributed by atoms with Crippen molar-refractivity contribution in [3.8, 4) is 0 Å². The average molecular weight is 286 g/mol. The number of carbonyl (C=O) groups is 1. The normalized spacial score (nSPS) is 30.7. The fourth-order valence-electron chi connectivity index (χ4n) is 1.55. The van der Waals surface area contributed by atoms with E-state index in [1.54, 1.807) is 0 Å². The fraction of sp³-hybridized carbons (Fsp3) is 0.889. The molecule has 0 spiro atoms. The van der Waals surface area contributed by atoms with Crippen LogP contribution in [-0.2, 0) is 4.79 Å². The van der Waals surface area contributed by atoms with Crippen molar-refractivity contribution < 1.29 is 35.4 Å². The first kappa shape index (κ1) is 15.6. The Bertz CT molecular complexity index is 292. The van der Waals surface area contributed by atoms with Gasteiger partial charge in [0.2, 0.25) is 0 Å². The van der Waals surface area contributed by atoms with Crippen LogP contribution in [0.15, 0.2) is 0 Å². The van der Waals surface area contributed by atoms with Gasteiger partial charge in [0.05, 0.1) is 12.0 Å². The van der Waals surface area contributed by atoms with Gasteiger partial charge in [-0.3, -0.25) is 10.1 Å². The van der Waals surface area contributed by atoms with Crippen LogP contribution >= 0.6 is 11.8 Å². The van der Waals surface area contributed by atoms with Crippen molar-refractivity contribution in [1.29, 1.82) is 0 Å². The highest BCUT2D eigenvalue weighted by Crippen LogP contribution is 2.24. The Balaban J connectivity index is 2.54. The Morgan fingerprint density at radius 1 is 1.28 bits per heavy atom. The minimum absolute atomic E-state index is 0.225. The van der Waals surface area contributed by atoms with E-state index in [4.69, 9.17) is 15.3 Å². The lowest BCUT2D eigenvalue weighted by Gasteiger charge is -2.28. The molecule has 0 radical (unpaired) electrons. The van der Waals surface area contributed by atoms with Crippen molar-refractivity contribution >= 4 is 17.7 Å². The number of hydrogen-bond acceptors (Lipinski definition) is 8. The van der Waals surface area contributed by atoms with E-state index in [2.05, 4.69) is 5.32 Å². The molecule has 106 valence electrons. The summed E-state index contributed by atoms with van der Waals surface area (Å²) in [4.78, 5) is 10.7.